The van der Waals surface area contributed by atoms with Crippen LogP contribution >= 0.6 is 0 Å². The number of anilines is 2. The molecule has 134 valence electrons. The molecule has 5 nitrogen and oxygen atoms in total. The second-order valence-corrected chi connectivity index (χ2v) is 7.04. The summed E-state index contributed by atoms with van der Waals surface area (Å²) in [6.07, 6.45) is 1.73. The van der Waals surface area contributed by atoms with Crippen LogP contribution in [0.4, 0.5) is 16.2 Å². The molecule has 6 heteroatoms. The van der Waals surface area contributed by atoms with Gasteiger partial charge in [-0.05, 0) is 50.6 Å². The van der Waals surface area contributed by atoms with Crippen LogP contribution in [0.15, 0.2) is 54.7 Å². The summed E-state index contributed by atoms with van der Waals surface area (Å²) in [5, 5.41) is 6.53. The van der Waals surface area contributed by atoms with Gasteiger partial charge in [0.1, 0.15) is 11.6 Å². The van der Waals surface area contributed by atoms with Crippen molar-refractivity contribution in [2.24, 2.45) is 0 Å². The largest absolute Gasteiger partial charge is 0.366 e. The smallest absolute Gasteiger partial charge is 0.225 e. The molecule has 0 atom stereocenters. The van der Waals surface area contributed by atoms with Crippen LogP contribution in [0.1, 0.15) is 26.3 Å². The second-order valence-electron chi connectivity index (χ2n) is 7.04. The van der Waals surface area contributed by atoms with E-state index in [-0.39, 0.29) is 11.4 Å². The van der Waals surface area contributed by atoms with Crippen molar-refractivity contribution in [3.8, 4) is 11.4 Å². The van der Waals surface area contributed by atoms with Crippen LogP contribution in [0.3, 0.4) is 0 Å². The number of nitrogens with one attached hydrogen (secondary N) is 2. The number of aromatic nitrogens is 3. The minimum Gasteiger partial charge on any atom is -0.366 e. The van der Waals surface area contributed by atoms with Gasteiger partial charge < -0.3 is 10.6 Å². The molecule has 0 amide bonds. The standard InChI is InChI=1S/C20H22FN5/c1-20(2,3)26-19-24-17(16-9-4-5-10-22-16)12-18(25-19)23-13-14-7-6-8-15(21)11-14/h4-12H,13H2,1-3H3,(H2,23,24,25,26). The molecule has 2 N–H and O–H groups in total. The third kappa shape index (κ3) is 4.99. The fourth-order valence-electron chi connectivity index (χ4n) is 2.41. The first-order valence-electron chi connectivity index (χ1n) is 8.46. The Morgan fingerprint density at radius 2 is 1.81 bits per heavy atom. The van der Waals surface area contributed by atoms with Gasteiger partial charge in [-0.1, -0.05) is 18.2 Å². The maximum atomic E-state index is 13.4. The monoisotopic (exact) mass is 351 g/mol. The van der Waals surface area contributed by atoms with Crippen LogP contribution in [0, 0.1) is 5.82 Å². The number of nitrogens with zero attached hydrogens (tertiary/aromatic N) is 3. The summed E-state index contributed by atoms with van der Waals surface area (Å²) < 4.78 is 13.4. The zero-order chi connectivity index (χ0) is 18.6. The lowest BCUT2D eigenvalue weighted by Crippen LogP contribution is -2.27. The molecule has 3 aromatic rings. The molecular formula is C20H22FN5. The molecule has 0 bridgehead atoms. The molecule has 2 aromatic heterocycles. The number of hydrogen-bond acceptors (Lipinski definition) is 5. The highest BCUT2D eigenvalue weighted by molar-refractivity contribution is 5.61. The zero-order valence-corrected chi connectivity index (χ0v) is 15.1. The molecule has 2 heterocycles. The van der Waals surface area contributed by atoms with Crippen LogP contribution in [-0.4, -0.2) is 20.5 Å². The summed E-state index contributed by atoms with van der Waals surface area (Å²) in [5.41, 5.74) is 2.14. The van der Waals surface area contributed by atoms with Crippen LogP contribution in [0.5, 0.6) is 0 Å². The summed E-state index contributed by atoms with van der Waals surface area (Å²) in [7, 11) is 0. The molecular weight excluding hydrogens is 329 g/mol. The van der Waals surface area contributed by atoms with E-state index >= 15 is 0 Å². The van der Waals surface area contributed by atoms with E-state index in [1.807, 2.05) is 51.1 Å². The van der Waals surface area contributed by atoms with E-state index in [1.165, 1.54) is 12.1 Å². The normalized spacial score (nSPS) is 11.2. The van der Waals surface area contributed by atoms with Crippen molar-refractivity contribution < 1.29 is 4.39 Å². The Kier molecular flexibility index (Phi) is 5.11. The number of halogens is 1. The quantitative estimate of drug-likeness (QED) is 0.709. The van der Waals surface area contributed by atoms with E-state index in [9.17, 15) is 4.39 Å². The third-order valence-electron chi connectivity index (χ3n) is 3.50. The molecule has 1 aromatic carbocycles. The second kappa shape index (κ2) is 7.47. The van der Waals surface area contributed by atoms with Crippen molar-refractivity contribution in [1.82, 2.24) is 15.0 Å². The van der Waals surface area contributed by atoms with Crippen molar-refractivity contribution in [1.29, 1.82) is 0 Å². The van der Waals surface area contributed by atoms with Gasteiger partial charge in [-0.25, -0.2) is 9.37 Å². The molecule has 0 saturated carbocycles. The average Bonchev–Trinajstić information content (AvgIpc) is 2.59. The van der Waals surface area contributed by atoms with Gasteiger partial charge in [-0.15, -0.1) is 0 Å². The SMILES string of the molecule is CC(C)(C)Nc1nc(NCc2cccc(F)c2)cc(-c2ccccn2)n1. The Balaban J connectivity index is 1.89. The van der Waals surface area contributed by atoms with E-state index in [0.29, 0.717) is 24.0 Å². The van der Waals surface area contributed by atoms with Crippen LogP contribution in [-0.2, 0) is 6.54 Å². The Bertz CT molecular complexity index is 875. The Labute approximate surface area is 152 Å². The molecule has 0 aliphatic carbocycles. The first-order chi connectivity index (χ1) is 12.4. The van der Waals surface area contributed by atoms with Gasteiger partial charge in [-0.2, -0.15) is 4.98 Å². The maximum Gasteiger partial charge on any atom is 0.225 e. The number of hydrogen-bond donors (Lipinski definition) is 2. The summed E-state index contributed by atoms with van der Waals surface area (Å²) in [6, 6.07) is 14.0. The molecule has 26 heavy (non-hydrogen) atoms. The molecule has 3 rings (SSSR count). The average molecular weight is 351 g/mol. The highest BCUT2D eigenvalue weighted by Crippen LogP contribution is 2.21. The summed E-state index contributed by atoms with van der Waals surface area (Å²) in [5.74, 6) is 0.912. The molecule has 0 fully saturated rings. The van der Waals surface area contributed by atoms with Crippen molar-refractivity contribution in [3.05, 3.63) is 66.1 Å². The summed E-state index contributed by atoms with van der Waals surface area (Å²) in [6.45, 7) is 6.60. The minimum absolute atomic E-state index is 0.178. The third-order valence-corrected chi connectivity index (χ3v) is 3.50. The molecule has 0 unspecified atom stereocenters. The first kappa shape index (κ1) is 17.8. The van der Waals surface area contributed by atoms with Crippen LogP contribution in [0.25, 0.3) is 11.4 Å². The Morgan fingerprint density at radius 1 is 0.962 bits per heavy atom. The molecule has 0 saturated heterocycles. The van der Waals surface area contributed by atoms with Crippen molar-refractivity contribution in [2.75, 3.05) is 10.6 Å². The van der Waals surface area contributed by atoms with E-state index in [0.717, 1.165) is 11.3 Å². The first-order valence-corrected chi connectivity index (χ1v) is 8.46. The molecule has 0 spiro atoms. The van der Waals surface area contributed by atoms with E-state index in [1.54, 1.807) is 12.3 Å². The molecule has 0 radical (unpaired) electrons. The summed E-state index contributed by atoms with van der Waals surface area (Å²) >= 11 is 0. The Morgan fingerprint density at radius 3 is 2.50 bits per heavy atom. The van der Waals surface area contributed by atoms with E-state index < -0.39 is 0 Å². The van der Waals surface area contributed by atoms with Gasteiger partial charge in [0.05, 0.1) is 11.4 Å². The highest BCUT2D eigenvalue weighted by Gasteiger charge is 2.14. The number of benzene rings is 1. The van der Waals surface area contributed by atoms with Crippen molar-refractivity contribution in [2.45, 2.75) is 32.9 Å². The van der Waals surface area contributed by atoms with Crippen molar-refractivity contribution >= 4 is 11.8 Å². The molecule has 0 aliphatic heterocycles. The van der Waals surface area contributed by atoms with Gasteiger partial charge in [-0.3, -0.25) is 4.98 Å². The summed E-state index contributed by atoms with van der Waals surface area (Å²) in [4.78, 5) is 13.5. The predicted molar refractivity (Wildman–Crippen MR) is 102 cm³/mol. The van der Waals surface area contributed by atoms with Crippen LogP contribution < -0.4 is 10.6 Å². The fourth-order valence-corrected chi connectivity index (χ4v) is 2.41. The lowest BCUT2D eigenvalue weighted by atomic mass is 10.1. The fraction of sp³-hybridized carbons (Fsp3) is 0.250. The van der Waals surface area contributed by atoms with Gasteiger partial charge in [0, 0.05) is 24.3 Å². The van der Waals surface area contributed by atoms with Crippen molar-refractivity contribution in [3.63, 3.8) is 0 Å². The van der Waals surface area contributed by atoms with E-state index in [4.69, 9.17) is 0 Å². The Hall–Kier alpha value is -3.02. The predicted octanol–water partition coefficient (Wildman–Crippen LogP) is 4.50. The number of pyridine rings is 1. The zero-order valence-electron chi connectivity index (χ0n) is 15.1. The highest BCUT2D eigenvalue weighted by atomic mass is 19.1. The van der Waals surface area contributed by atoms with Gasteiger partial charge >= 0.3 is 0 Å². The lowest BCUT2D eigenvalue weighted by molar-refractivity contribution is 0.625. The lowest BCUT2D eigenvalue weighted by Gasteiger charge is -2.21. The number of rotatable bonds is 5. The van der Waals surface area contributed by atoms with Gasteiger partial charge in [0.25, 0.3) is 0 Å². The molecule has 0 aliphatic rings. The minimum atomic E-state index is -0.253. The maximum absolute atomic E-state index is 13.4. The topological polar surface area (TPSA) is 62.7 Å². The van der Waals surface area contributed by atoms with Gasteiger partial charge in [0.15, 0.2) is 0 Å². The van der Waals surface area contributed by atoms with Gasteiger partial charge in [0.2, 0.25) is 5.95 Å². The van der Waals surface area contributed by atoms with E-state index in [2.05, 4.69) is 25.6 Å². The van der Waals surface area contributed by atoms with Crippen LogP contribution in [0.2, 0.25) is 0 Å².